The number of rotatable bonds is 5. The van der Waals surface area contributed by atoms with Crippen LogP contribution in [-0.2, 0) is 11.8 Å². The predicted octanol–water partition coefficient (Wildman–Crippen LogP) is 2.82. The monoisotopic (exact) mass is 411 g/mol. The number of hydrogen-bond donors (Lipinski definition) is 1. The Hall–Kier alpha value is -2.94. The first kappa shape index (κ1) is 20.3. The Morgan fingerprint density at radius 3 is 2.70 bits per heavy atom. The Balaban J connectivity index is 1.48. The summed E-state index contributed by atoms with van der Waals surface area (Å²) in [6.07, 6.45) is 3.77. The van der Waals surface area contributed by atoms with Crippen molar-refractivity contribution in [2.24, 2.45) is 13.0 Å². The van der Waals surface area contributed by atoms with Crippen molar-refractivity contribution in [3.63, 3.8) is 0 Å². The number of likely N-dealkylation sites (tertiary alicyclic amines) is 1. The molecule has 4 rings (SSSR count). The molecule has 3 aromatic heterocycles. The lowest BCUT2D eigenvalue weighted by atomic mass is 9.92. The van der Waals surface area contributed by atoms with E-state index < -0.39 is 11.6 Å². The van der Waals surface area contributed by atoms with Gasteiger partial charge in [-0.2, -0.15) is 0 Å². The fourth-order valence-corrected chi connectivity index (χ4v) is 3.75. The molecule has 158 valence electrons. The van der Waals surface area contributed by atoms with E-state index in [2.05, 4.69) is 44.3 Å². The Morgan fingerprint density at radius 2 is 2.03 bits per heavy atom. The van der Waals surface area contributed by atoms with Gasteiger partial charge in [0, 0.05) is 57.2 Å². The van der Waals surface area contributed by atoms with Gasteiger partial charge in [-0.15, -0.1) is 5.10 Å². The molecule has 1 fully saturated rings. The van der Waals surface area contributed by atoms with Crippen LogP contribution in [0.2, 0.25) is 0 Å². The molecule has 1 aliphatic rings. The minimum absolute atomic E-state index is 0.189. The van der Waals surface area contributed by atoms with Crippen molar-refractivity contribution in [1.29, 1.82) is 0 Å². The number of nitrogens with zero attached hydrogens (tertiary/aromatic N) is 6. The van der Waals surface area contributed by atoms with Crippen molar-refractivity contribution in [3.8, 4) is 11.4 Å². The lowest BCUT2D eigenvalue weighted by Crippen LogP contribution is -2.49. The van der Waals surface area contributed by atoms with Gasteiger partial charge in [0.2, 0.25) is 0 Å². The summed E-state index contributed by atoms with van der Waals surface area (Å²) in [7, 11) is 1.79. The van der Waals surface area contributed by atoms with E-state index >= 15 is 4.39 Å². The first-order chi connectivity index (χ1) is 14.3. The molecule has 3 aromatic rings. The number of nitrogens with one attached hydrogen (secondary N) is 1. The Kier molecular flexibility index (Phi) is 5.46. The zero-order valence-electron chi connectivity index (χ0n) is 17.5. The highest BCUT2D eigenvalue weighted by molar-refractivity contribution is 5.97. The number of halogens is 1. The van der Waals surface area contributed by atoms with Gasteiger partial charge in [0.15, 0.2) is 5.67 Å². The summed E-state index contributed by atoms with van der Waals surface area (Å²) >= 11 is 0. The fraction of sp³-hybridized carbons (Fsp3) is 0.476. The van der Waals surface area contributed by atoms with Gasteiger partial charge in [0.05, 0.1) is 17.4 Å². The number of alkyl halides is 1. The van der Waals surface area contributed by atoms with E-state index in [0.717, 1.165) is 11.9 Å². The molecule has 1 amide bonds. The standard InChI is InChI=1S/C21H26FN7O/c1-14(2)12-29-8-6-21(22,7-9-29)20(30)25-19-10-17-15(11-23-19)4-5-16(24-17)18-13-28(3)27-26-18/h4-5,10-11,13-14H,6-9,12H2,1-3H3,(H,23,25,30). The molecule has 1 aliphatic heterocycles. The van der Waals surface area contributed by atoms with Gasteiger partial charge >= 0.3 is 0 Å². The molecule has 0 radical (unpaired) electrons. The molecular formula is C21H26FN7O. The van der Waals surface area contributed by atoms with Crippen molar-refractivity contribution in [2.45, 2.75) is 32.4 Å². The highest BCUT2D eigenvalue weighted by Gasteiger charge is 2.41. The van der Waals surface area contributed by atoms with Crippen molar-refractivity contribution >= 4 is 22.6 Å². The van der Waals surface area contributed by atoms with Crippen LogP contribution >= 0.6 is 0 Å². The van der Waals surface area contributed by atoms with Gasteiger partial charge in [0.1, 0.15) is 11.5 Å². The second-order valence-corrected chi connectivity index (χ2v) is 8.35. The number of fused-ring (bicyclic) bond motifs is 1. The summed E-state index contributed by atoms with van der Waals surface area (Å²) < 4.78 is 16.9. The molecule has 0 unspecified atom stereocenters. The minimum atomic E-state index is -1.88. The molecule has 8 nitrogen and oxygen atoms in total. The van der Waals surface area contributed by atoms with Gasteiger partial charge in [-0.3, -0.25) is 9.48 Å². The predicted molar refractivity (Wildman–Crippen MR) is 113 cm³/mol. The summed E-state index contributed by atoms with van der Waals surface area (Å²) in [5.41, 5.74) is 0.0818. The van der Waals surface area contributed by atoms with E-state index in [0.29, 0.717) is 35.9 Å². The van der Waals surface area contributed by atoms with E-state index in [9.17, 15) is 4.79 Å². The summed E-state index contributed by atoms with van der Waals surface area (Å²) in [5, 5.41) is 11.5. The van der Waals surface area contributed by atoms with Crippen LogP contribution in [0.3, 0.4) is 0 Å². The number of aryl methyl sites for hydroxylation is 1. The maximum Gasteiger partial charge on any atom is 0.263 e. The number of amides is 1. The Morgan fingerprint density at radius 1 is 1.27 bits per heavy atom. The highest BCUT2D eigenvalue weighted by atomic mass is 19.1. The number of aromatic nitrogens is 5. The maximum atomic E-state index is 15.3. The Bertz CT molecular complexity index is 1060. The van der Waals surface area contributed by atoms with Crippen LogP contribution in [0.15, 0.2) is 30.6 Å². The topological polar surface area (TPSA) is 88.8 Å². The van der Waals surface area contributed by atoms with Crippen LogP contribution in [0.4, 0.5) is 10.2 Å². The average Bonchev–Trinajstić information content (AvgIpc) is 3.15. The van der Waals surface area contributed by atoms with E-state index in [1.54, 1.807) is 30.2 Å². The van der Waals surface area contributed by atoms with Gasteiger partial charge in [0.25, 0.3) is 5.91 Å². The molecule has 0 saturated carbocycles. The number of pyridine rings is 2. The molecule has 0 spiro atoms. The summed E-state index contributed by atoms with van der Waals surface area (Å²) in [4.78, 5) is 23.7. The molecule has 30 heavy (non-hydrogen) atoms. The molecule has 9 heteroatoms. The van der Waals surface area contributed by atoms with E-state index in [4.69, 9.17) is 0 Å². The second-order valence-electron chi connectivity index (χ2n) is 8.35. The van der Waals surface area contributed by atoms with Crippen LogP contribution in [0.25, 0.3) is 22.3 Å². The van der Waals surface area contributed by atoms with Crippen LogP contribution < -0.4 is 5.32 Å². The largest absolute Gasteiger partial charge is 0.308 e. The van der Waals surface area contributed by atoms with Crippen LogP contribution in [-0.4, -0.2) is 61.1 Å². The van der Waals surface area contributed by atoms with Crippen molar-refractivity contribution < 1.29 is 9.18 Å². The van der Waals surface area contributed by atoms with Gasteiger partial charge in [-0.05, 0) is 18.1 Å². The average molecular weight is 411 g/mol. The fourth-order valence-electron chi connectivity index (χ4n) is 3.75. The first-order valence-electron chi connectivity index (χ1n) is 10.2. The molecule has 0 atom stereocenters. The van der Waals surface area contributed by atoms with E-state index in [-0.39, 0.29) is 18.7 Å². The van der Waals surface area contributed by atoms with Gasteiger partial charge < -0.3 is 10.2 Å². The number of carbonyl (C=O) groups excluding carboxylic acids is 1. The quantitative estimate of drug-likeness (QED) is 0.695. The van der Waals surface area contributed by atoms with Gasteiger partial charge in [-0.25, -0.2) is 14.4 Å². The smallest absolute Gasteiger partial charge is 0.263 e. The number of piperidine rings is 1. The van der Waals surface area contributed by atoms with Crippen molar-refractivity contribution in [3.05, 3.63) is 30.6 Å². The van der Waals surface area contributed by atoms with Crippen molar-refractivity contribution in [2.75, 3.05) is 25.0 Å². The lowest BCUT2D eigenvalue weighted by Gasteiger charge is -2.36. The summed E-state index contributed by atoms with van der Waals surface area (Å²) in [6, 6.07) is 5.38. The number of hydrogen-bond acceptors (Lipinski definition) is 6. The normalized spacial score (nSPS) is 16.8. The number of carbonyl (C=O) groups is 1. The Labute approximate surface area is 174 Å². The molecular weight excluding hydrogens is 385 g/mol. The zero-order chi connectivity index (χ0) is 21.3. The number of anilines is 1. The third-order valence-electron chi connectivity index (χ3n) is 5.36. The maximum absolute atomic E-state index is 15.3. The molecule has 1 saturated heterocycles. The molecule has 0 bridgehead atoms. The zero-order valence-corrected chi connectivity index (χ0v) is 17.5. The van der Waals surface area contributed by atoms with E-state index in [1.165, 1.54) is 0 Å². The highest BCUT2D eigenvalue weighted by Crippen LogP contribution is 2.29. The van der Waals surface area contributed by atoms with Crippen LogP contribution in [0.1, 0.15) is 26.7 Å². The molecule has 4 heterocycles. The third kappa shape index (κ3) is 4.30. The van der Waals surface area contributed by atoms with E-state index in [1.807, 2.05) is 12.1 Å². The van der Waals surface area contributed by atoms with Gasteiger partial charge in [-0.1, -0.05) is 19.1 Å². The summed E-state index contributed by atoms with van der Waals surface area (Å²) in [5.74, 6) is 0.175. The lowest BCUT2D eigenvalue weighted by molar-refractivity contribution is -0.130. The molecule has 0 aromatic carbocycles. The minimum Gasteiger partial charge on any atom is -0.308 e. The first-order valence-corrected chi connectivity index (χ1v) is 10.2. The summed E-state index contributed by atoms with van der Waals surface area (Å²) in [6.45, 7) is 6.36. The second kappa shape index (κ2) is 8.06. The van der Waals surface area contributed by atoms with Crippen LogP contribution in [0, 0.1) is 5.92 Å². The molecule has 0 aliphatic carbocycles. The van der Waals surface area contributed by atoms with Crippen LogP contribution in [0.5, 0.6) is 0 Å². The SMILES string of the molecule is CC(C)CN1CCC(F)(C(=O)Nc2cc3nc(-c4cn(C)nn4)ccc3cn2)CC1. The third-order valence-corrected chi connectivity index (χ3v) is 5.36. The molecule has 1 N–H and O–H groups in total. The van der Waals surface area contributed by atoms with Crippen molar-refractivity contribution in [1.82, 2.24) is 29.9 Å².